The second kappa shape index (κ2) is 7.97. The predicted molar refractivity (Wildman–Crippen MR) is 104 cm³/mol. The number of sulfonamides is 1. The van der Waals surface area contributed by atoms with Gasteiger partial charge in [-0.25, -0.2) is 8.42 Å². The number of pyridine rings is 1. The van der Waals surface area contributed by atoms with E-state index < -0.39 is 28.0 Å². The molecule has 0 spiro atoms. The highest BCUT2D eigenvalue weighted by Crippen LogP contribution is 2.28. The maximum absolute atomic E-state index is 13.2. The summed E-state index contributed by atoms with van der Waals surface area (Å²) < 4.78 is 32.9. The molecule has 1 aromatic carbocycles. The number of hydrogen-bond acceptors (Lipinski definition) is 6. The Morgan fingerprint density at radius 2 is 1.93 bits per heavy atom. The lowest BCUT2D eigenvalue weighted by molar-refractivity contribution is -0.158. The van der Waals surface area contributed by atoms with Gasteiger partial charge in [0.2, 0.25) is 10.0 Å². The molecule has 7 nitrogen and oxygen atoms in total. The highest BCUT2D eigenvalue weighted by molar-refractivity contribution is 7.89. The van der Waals surface area contributed by atoms with Crippen molar-refractivity contribution in [3.8, 4) is 0 Å². The van der Waals surface area contributed by atoms with E-state index in [1.54, 1.807) is 18.3 Å². The van der Waals surface area contributed by atoms with E-state index >= 15 is 0 Å². The number of carbonyl (C=O) groups is 2. The minimum absolute atomic E-state index is 0.177. The molecule has 0 aliphatic carbocycles. The van der Waals surface area contributed by atoms with Gasteiger partial charge in [0.1, 0.15) is 4.90 Å². The fourth-order valence-corrected chi connectivity index (χ4v) is 4.91. The van der Waals surface area contributed by atoms with Crippen LogP contribution in [0.5, 0.6) is 0 Å². The number of ketones is 1. The summed E-state index contributed by atoms with van der Waals surface area (Å²) in [6.45, 7) is 5.25. The van der Waals surface area contributed by atoms with Crippen LogP contribution in [0.15, 0.2) is 35.4 Å². The Kier molecular flexibility index (Phi) is 5.81. The van der Waals surface area contributed by atoms with Crippen LogP contribution in [0.1, 0.15) is 32.3 Å². The van der Waals surface area contributed by atoms with Crippen molar-refractivity contribution in [2.24, 2.45) is 5.92 Å². The predicted octanol–water partition coefficient (Wildman–Crippen LogP) is 2.46. The van der Waals surface area contributed by atoms with Crippen LogP contribution in [0.2, 0.25) is 0 Å². The second-order valence-corrected chi connectivity index (χ2v) is 9.12. The van der Waals surface area contributed by atoms with E-state index in [-0.39, 0.29) is 23.8 Å². The first kappa shape index (κ1) is 20.4. The molecule has 1 aliphatic heterocycles. The Balaban J connectivity index is 1.75. The van der Waals surface area contributed by atoms with Gasteiger partial charge in [-0.2, -0.15) is 4.31 Å². The Labute approximate surface area is 164 Å². The van der Waals surface area contributed by atoms with Gasteiger partial charge in [-0.3, -0.25) is 14.6 Å². The standard InChI is InChI=1S/C20H24N2O5S/c1-13-11-17-5-4-6-18(19(17)21-12-13)28(25,26)22-9-7-16(8-10-22)20(24)27-15(3)14(2)23/h4-6,11-12,15-16H,7-10H2,1-3H3/t15-/m1/s1. The van der Waals surface area contributed by atoms with Crippen molar-refractivity contribution < 1.29 is 22.7 Å². The lowest BCUT2D eigenvalue weighted by atomic mass is 9.98. The molecule has 0 radical (unpaired) electrons. The molecule has 1 fully saturated rings. The number of benzene rings is 1. The van der Waals surface area contributed by atoms with E-state index in [4.69, 9.17) is 4.74 Å². The van der Waals surface area contributed by atoms with E-state index in [1.165, 1.54) is 18.2 Å². The van der Waals surface area contributed by atoms with E-state index in [2.05, 4.69) is 4.98 Å². The molecule has 0 amide bonds. The number of rotatable bonds is 5. The maximum atomic E-state index is 13.2. The van der Waals surface area contributed by atoms with Crippen molar-refractivity contribution >= 4 is 32.7 Å². The van der Waals surface area contributed by atoms with Gasteiger partial charge in [0.15, 0.2) is 11.9 Å². The molecule has 0 saturated carbocycles. The Bertz CT molecular complexity index is 1010. The highest BCUT2D eigenvalue weighted by atomic mass is 32.2. The Morgan fingerprint density at radius 3 is 2.57 bits per heavy atom. The zero-order chi connectivity index (χ0) is 20.5. The number of esters is 1. The molecule has 1 atom stereocenters. The van der Waals surface area contributed by atoms with Crippen LogP contribution < -0.4 is 0 Å². The van der Waals surface area contributed by atoms with Crippen LogP contribution in [0.25, 0.3) is 10.9 Å². The molecule has 28 heavy (non-hydrogen) atoms. The quantitative estimate of drug-likeness (QED) is 0.711. The summed E-state index contributed by atoms with van der Waals surface area (Å²) in [5.74, 6) is -1.06. The van der Waals surface area contributed by atoms with Crippen molar-refractivity contribution in [2.75, 3.05) is 13.1 Å². The normalized spacial score (nSPS) is 17.4. The Hall–Kier alpha value is -2.32. The van der Waals surface area contributed by atoms with E-state index in [9.17, 15) is 18.0 Å². The van der Waals surface area contributed by atoms with E-state index in [1.807, 2.05) is 19.1 Å². The van der Waals surface area contributed by atoms with Gasteiger partial charge in [-0.1, -0.05) is 12.1 Å². The molecule has 2 aromatic rings. The molecule has 1 saturated heterocycles. The number of fused-ring (bicyclic) bond motifs is 1. The summed E-state index contributed by atoms with van der Waals surface area (Å²) in [5, 5.41) is 0.776. The number of ether oxygens (including phenoxy) is 1. The van der Waals surface area contributed by atoms with E-state index in [0.29, 0.717) is 18.4 Å². The molecular weight excluding hydrogens is 380 g/mol. The van der Waals surface area contributed by atoms with Crippen LogP contribution in [0.4, 0.5) is 0 Å². The summed E-state index contributed by atoms with van der Waals surface area (Å²) in [6.07, 6.45) is 1.60. The zero-order valence-electron chi connectivity index (χ0n) is 16.2. The lowest BCUT2D eigenvalue weighted by Gasteiger charge is -2.30. The molecule has 1 aliphatic rings. The molecule has 0 N–H and O–H groups in total. The monoisotopic (exact) mass is 404 g/mol. The largest absolute Gasteiger partial charge is 0.454 e. The first-order chi connectivity index (χ1) is 13.2. The molecule has 2 heterocycles. The van der Waals surface area contributed by atoms with Crippen molar-refractivity contribution in [1.29, 1.82) is 0 Å². The van der Waals surface area contributed by atoms with Crippen molar-refractivity contribution in [3.05, 3.63) is 36.0 Å². The van der Waals surface area contributed by atoms with Gasteiger partial charge in [0, 0.05) is 24.7 Å². The van der Waals surface area contributed by atoms with Gasteiger partial charge in [0.05, 0.1) is 11.4 Å². The number of Topliss-reactive ketones (excluding diaryl/α,β-unsaturated/α-hetero) is 1. The fraction of sp³-hybridized carbons (Fsp3) is 0.450. The minimum atomic E-state index is -3.72. The van der Waals surface area contributed by atoms with Crippen molar-refractivity contribution in [2.45, 2.75) is 44.6 Å². The van der Waals surface area contributed by atoms with Crippen LogP contribution in [-0.2, 0) is 24.3 Å². The third kappa shape index (κ3) is 4.07. The number of nitrogens with zero attached hydrogens (tertiary/aromatic N) is 2. The van der Waals surface area contributed by atoms with Gasteiger partial charge < -0.3 is 4.74 Å². The number of para-hydroxylation sites is 1. The molecule has 150 valence electrons. The van der Waals surface area contributed by atoms with E-state index in [0.717, 1.165) is 10.9 Å². The summed E-state index contributed by atoms with van der Waals surface area (Å²) in [4.78, 5) is 28.0. The second-order valence-electron chi connectivity index (χ2n) is 7.21. The van der Waals surface area contributed by atoms with Crippen molar-refractivity contribution in [1.82, 2.24) is 9.29 Å². The average molecular weight is 404 g/mol. The van der Waals surface area contributed by atoms with Crippen molar-refractivity contribution in [3.63, 3.8) is 0 Å². The highest BCUT2D eigenvalue weighted by Gasteiger charge is 2.34. The van der Waals surface area contributed by atoms with Crippen LogP contribution >= 0.6 is 0 Å². The van der Waals surface area contributed by atoms with Gasteiger partial charge in [-0.15, -0.1) is 0 Å². The first-order valence-corrected chi connectivity index (χ1v) is 10.7. The third-order valence-corrected chi connectivity index (χ3v) is 7.01. The third-order valence-electron chi connectivity index (χ3n) is 5.08. The van der Waals surface area contributed by atoms with Gasteiger partial charge in [0.25, 0.3) is 0 Å². The maximum Gasteiger partial charge on any atom is 0.309 e. The SMILES string of the molecule is CC(=O)[C@@H](C)OC(=O)C1CCN(S(=O)(=O)c2cccc3cc(C)cnc23)CC1. The lowest BCUT2D eigenvalue weighted by Crippen LogP contribution is -2.41. The summed E-state index contributed by atoms with van der Waals surface area (Å²) >= 11 is 0. The minimum Gasteiger partial charge on any atom is -0.454 e. The van der Waals surface area contributed by atoms with Crippen LogP contribution in [-0.4, -0.2) is 48.7 Å². The molecule has 0 unspecified atom stereocenters. The number of hydrogen-bond donors (Lipinski definition) is 0. The molecule has 1 aromatic heterocycles. The average Bonchev–Trinajstić information content (AvgIpc) is 2.67. The van der Waals surface area contributed by atoms with Crippen LogP contribution in [0.3, 0.4) is 0 Å². The van der Waals surface area contributed by atoms with Crippen LogP contribution in [0, 0.1) is 12.8 Å². The number of carbonyl (C=O) groups excluding carboxylic acids is 2. The zero-order valence-corrected chi connectivity index (χ0v) is 17.0. The molecule has 0 bridgehead atoms. The number of aromatic nitrogens is 1. The van der Waals surface area contributed by atoms with Gasteiger partial charge >= 0.3 is 5.97 Å². The summed E-state index contributed by atoms with van der Waals surface area (Å²) in [7, 11) is -3.72. The summed E-state index contributed by atoms with van der Waals surface area (Å²) in [5.41, 5.74) is 1.41. The number of piperidine rings is 1. The molecule has 3 rings (SSSR count). The fourth-order valence-electron chi connectivity index (χ4n) is 3.28. The molecule has 8 heteroatoms. The Morgan fingerprint density at radius 1 is 1.25 bits per heavy atom. The van der Waals surface area contributed by atoms with Gasteiger partial charge in [-0.05, 0) is 51.3 Å². The first-order valence-electron chi connectivity index (χ1n) is 9.26. The molecular formula is C20H24N2O5S. The topological polar surface area (TPSA) is 93.6 Å². The number of aryl methyl sites for hydroxylation is 1. The smallest absolute Gasteiger partial charge is 0.309 e. The summed E-state index contributed by atoms with van der Waals surface area (Å²) in [6, 6.07) is 7.02.